The van der Waals surface area contributed by atoms with E-state index in [4.69, 9.17) is 9.29 Å². The number of carbonyl (C=O) groups excluding carboxylic acids is 2. The van der Waals surface area contributed by atoms with Crippen molar-refractivity contribution in [2.24, 2.45) is 46.3 Å². The molecule has 4 unspecified atom stereocenters. The van der Waals surface area contributed by atoms with E-state index in [9.17, 15) is 42.1 Å². The predicted octanol–water partition coefficient (Wildman–Crippen LogP) is 3.32. The molecule has 0 saturated heterocycles. The third kappa shape index (κ3) is 5.84. The highest BCUT2D eigenvalue weighted by Crippen LogP contribution is 2.68. The van der Waals surface area contributed by atoms with E-state index in [1.807, 2.05) is 6.92 Å². The van der Waals surface area contributed by atoms with Crippen molar-refractivity contribution in [3.05, 3.63) is 0 Å². The molecule has 12 atom stereocenters. The molecule has 4 aliphatic carbocycles. The Morgan fingerprint density at radius 2 is 1.67 bits per heavy atom. The van der Waals surface area contributed by atoms with Gasteiger partial charge in [0.15, 0.2) is 12.7 Å². The van der Waals surface area contributed by atoms with E-state index < -0.39 is 57.6 Å². The molecule has 0 heterocycles. The number of rotatable bonds is 9. The number of esters is 2. The number of aliphatic hydroxyl groups is 3. The van der Waals surface area contributed by atoms with Crippen molar-refractivity contribution in [3.63, 3.8) is 0 Å². The van der Waals surface area contributed by atoms with Crippen LogP contribution in [0, 0.1) is 46.3 Å². The molecule has 0 aliphatic heterocycles. The molecule has 242 valence electrons. The Morgan fingerprint density at radius 1 is 1.00 bits per heavy atom. The lowest BCUT2D eigenvalue weighted by Gasteiger charge is -2.63. The van der Waals surface area contributed by atoms with Crippen LogP contribution in [0.3, 0.4) is 0 Å². The summed E-state index contributed by atoms with van der Waals surface area (Å²) in [4.78, 5) is 24.2. The highest BCUT2D eigenvalue weighted by Gasteiger charge is 2.65. The van der Waals surface area contributed by atoms with Gasteiger partial charge in [-0.1, -0.05) is 20.8 Å². The minimum Gasteiger partial charge on any atom is -0.454 e. The van der Waals surface area contributed by atoms with Gasteiger partial charge < -0.3 is 24.8 Å². The average molecular weight is 625 g/mol. The van der Waals surface area contributed by atoms with E-state index >= 15 is 0 Å². The highest BCUT2D eigenvalue weighted by molar-refractivity contribution is 7.86. The second kappa shape index (κ2) is 11.8. The maximum Gasteiger partial charge on any atom is 0.405 e. The van der Waals surface area contributed by atoms with Gasteiger partial charge in [-0.15, -0.1) is 0 Å². The van der Waals surface area contributed by atoms with Gasteiger partial charge in [-0.2, -0.15) is 17.2 Å². The first-order valence-corrected chi connectivity index (χ1v) is 16.5. The van der Waals surface area contributed by atoms with Crippen LogP contribution < -0.4 is 0 Å². The van der Waals surface area contributed by atoms with Gasteiger partial charge in [-0.3, -0.25) is 9.35 Å². The first kappa shape index (κ1) is 33.5. The molecule has 0 radical (unpaired) electrons. The van der Waals surface area contributed by atoms with E-state index in [1.54, 1.807) is 0 Å². The lowest BCUT2D eigenvalue weighted by Crippen LogP contribution is -2.62. The van der Waals surface area contributed by atoms with Crippen LogP contribution in [0.5, 0.6) is 0 Å². The highest BCUT2D eigenvalue weighted by atomic mass is 32.2. The Hall–Kier alpha value is -1.41. The third-order valence-electron chi connectivity index (χ3n) is 11.8. The van der Waals surface area contributed by atoms with E-state index in [0.717, 1.165) is 25.7 Å². The minimum atomic E-state index is -5.80. The zero-order chi connectivity index (χ0) is 31.4. The van der Waals surface area contributed by atoms with Crippen molar-refractivity contribution >= 4 is 22.1 Å². The number of halogens is 2. The van der Waals surface area contributed by atoms with Gasteiger partial charge in [0.1, 0.15) is 0 Å². The van der Waals surface area contributed by atoms with Gasteiger partial charge in [0, 0.05) is 6.42 Å². The van der Waals surface area contributed by atoms with Crippen LogP contribution in [0.15, 0.2) is 0 Å². The summed E-state index contributed by atoms with van der Waals surface area (Å²) in [6.45, 7) is 6.00. The molecule has 4 N–H and O–H groups in total. The third-order valence-corrected chi connectivity index (χ3v) is 12.8. The van der Waals surface area contributed by atoms with E-state index in [1.165, 1.54) is 0 Å². The maximum atomic E-state index is 13.6. The number of ether oxygens (including phenoxy) is 2. The summed E-state index contributed by atoms with van der Waals surface area (Å²) in [5.74, 6) is -1.43. The van der Waals surface area contributed by atoms with Crippen LogP contribution >= 0.6 is 0 Å². The van der Waals surface area contributed by atoms with Crippen molar-refractivity contribution in [2.45, 2.75) is 115 Å². The molecule has 4 saturated carbocycles. The monoisotopic (exact) mass is 624 g/mol. The topological polar surface area (TPSA) is 168 Å². The number of alkyl halides is 2. The first-order chi connectivity index (χ1) is 19.3. The summed E-state index contributed by atoms with van der Waals surface area (Å²) < 4.78 is 66.5. The molecule has 0 aromatic carbocycles. The SMILES string of the molecule is CC(OC(=O)COC(=O)CC[C@@H](C)[C@H]1CC[C@H]2[C@@H]3C(O)C[C@@H]4CC(O)CC[C@]4(C)[C@H]3CC(O)[C@]12C)C(F)(F)S(=O)(=O)O. The summed E-state index contributed by atoms with van der Waals surface area (Å²) in [6, 6.07) is 0. The standard InChI is InChI=1S/C29H46F2O10S/c1-15(5-8-24(35)40-14-25(36)41-16(2)29(30,31)42(37,38)39)19-6-7-20-26-21(13-23(34)28(19,20)4)27(3)10-9-18(32)11-17(27)12-22(26)33/h15-23,26,32-34H,5-14H2,1-4H3,(H,37,38,39)/t15-,16?,17+,18?,19-,20+,21+,22?,23?,26+,27+,28-/m1/s1. The zero-order valence-electron chi connectivity index (χ0n) is 24.7. The normalized spacial score (nSPS) is 41.6. The van der Waals surface area contributed by atoms with Crippen molar-refractivity contribution in [1.82, 2.24) is 0 Å². The summed E-state index contributed by atoms with van der Waals surface area (Å²) in [6.07, 6.45) is 1.76. The number of hydrogen-bond acceptors (Lipinski definition) is 9. The van der Waals surface area contributed by atoms with E-state index in [0.29, 0.717) is 32.6 Å². The Balaban J connectivity index is 1.33. The van der Waals surface area contributed by atoms with E-state index in [-0.39, 0.29) is 53.4 Å². The largest absolute Gasteiger partial charge is 0.454 e. The molecule has 0 aromatic heterocycles. The van der Waals surface area contributed by atoms with Gasteiger partial charge in [0.05, 0.1) is 18.3 Å². The number of aliphatic hydroxyl groups excluding tert-OH is 3. The molecule has 42 heavy (non-hydrogen) atoms. The Morgan fingerprint density at radius 3 is 2.31 bits per heavy atom. The van der Waals surface area contributed by atoms with Gasteiger partial charge in [-0.25, -0.2) is 4.79 Å². The quantitative estimate of drug-likeness (QED) is 0.221. The predicted molar refractivity (Wildman–Crippen MR) is 145 cm³/mol. The molecule has 4 aliphatic rings. The van der Waals surface area contributed by atoms with Crippen molar-refractivity contribution in [3.8, 4) is 0 Å². The van der Waals surface area contributed by atoms with E-state index in [2.05, 4.69) is 18.6 Å². The van der Waals surface area contributed by atoms with Crippen LogP contribution in [-0.4, -0.2) is 76.5 Å². The average Bonchev–Trinajstić information content (AvgIpc) is 3.25. The number of fused-ring (bicyclic) bond motifs is 5. The van der Waals surface area contributed by atoms with Crippen LogP contribution in [0.1, 0.15) is 85.5 Å². The van der Waals surface area contributed by atoms with Crippen LogP contribution in [-0.2, 0) is 29.2 Å². The zero-order valence-corrected chi connectivity index (χ0v) is 25.6. The molecular formula is C29H46F2O10S. The van der Waals surface area contributed by atoms with Gasteiger partial charge in [-0.05, 0) is 105 Å². The van der Waals surface area contributed by atoms with Crippen molar-refractivity contribution in [1.29, 1.82) is 0 Å². The lowest BCUT2D eigenvalue weighted by atomic mass is 9.43. The molecule has 4 fully saturated rings. The number of carbonyl (C=O) groups is 2. The Labute approximate surface area is 246 Å². The molecule has 0 spiro atoms. The Bertz CT molecular complexity index is 1130. The van der Waals surface area contributed by atoms with Gasteiger partial charge >= 0.3 is 27.3 Å². The van der Waals surface area contributed by atoms with Gasteiger partial charge in [0.25, 0.3) is 0 Å². The van der Waals surface area contributed by atoms with Crippen LogP contribution in [0.25, 0.3) is 0 Å². The molecule has 0 bridgehead atoms. The maximum absolute atomic E-state index is 13.6. The second-order valence-electron chi connectivity index (χ2n) is 13.9. The molecular weight excluding hydrogens is 578 g/mol. The second-order valence-corrected chi connectivity index (χ2v) is 15.4. The summed E-state index contributed by atoms with van der Waals surface area (Å²) in [5.41, 5.74) is -0.471. The fourth-order valence-electron chi connectivity index (χ4n) is 9.40. The van der Waals surface area contributed by atoms with Crippen molar-refractivity contribution < 1.29 is 56.1 Å². The van der Waals surface area contributed by atoms with Crippen LogP contribution in [0.2, 0.25) is 0 Å². The van der Waals surface area contributed by atoms with Gasteiger partial charge in [0.2, 0.25) is 0 Å². The molecule has 13 heteroatoms. The molecule has 10 nitrogen and oxygen atoms in total. The fraction of sp³-hybridized carbons (Fsp3) is 0.931. The summed E-state index contributed by atoms with van der Waals surface area (Å²) in [7, 11) is -5.80. The molecule has 0 aromatic rings. The number of hydrogen-bond donors (Lipinski definition) is 4. The fourth-order valence-corrected chi connectivity index (χ4v) is 9.87. The Kier molecular flexibility index (Phi) is 9.43. The smallest absolute Gasteiger partial charge is 0.405 e. The lowest BCUT2D eigenvalue weighted by molar-refractivity contribution is -0.207. The van der Waals surface area contributed by atoms with Crippen LogP contribution in [0.4, 0.5) is 8.78 Å². The summed E-state index contributed by atoms with van der Waals surface area (Å²) >= 11 is 0. The minimum absolute atomic E-state index is 0.00747. The molecule has 0 amide bonds. The first-order valence-electron chi connectivity index (χ1n) is 15.1. The molecule has 4 rings (SSSR count). The van der Waals surface area contributed by atoms with Crippen molar-refractivity contribution in [2.75, 3.05) is 6.61 Å². The summed E-state index contributed by atoms with van der Waals surface area (Å²) in [5, 5.41) is 28.6.